The number of halogens is 4. The lowest BCUT2D eigenvalue weighted by molar-refractivity contribution is -0.122. The highest BCUT2D eigenvalue weighted by atomic mass is 79.9. The zero-order valence-corrected chi connectivity index (χ0v) is 20.2. The van der Waals surface area contributed by atoms with E-state index in [4.69, 9.17) is 27.9 Å². The molecule has 0 unspecified atom stereocenters. The molecule has 1 N–H and O–H groups in total. The molecule has 1 fully saturated rings. The number of anilines is 1. The second-order valence-corrected chi connectivity index (χ2v) is 8.91. The average Bonchev–Trinajstić information content (AvgIpc) is 2.78. The van der Waals surface area contributed by atoms with E-state index in [-0.39, 0.29) is 39.2 Å². The Kier molecular flexibility index (Phi) is 7.02. The number of imide groups is 2. The van der Waals surface area contributed by atoms with Gasteiger partial charge < -0.3 is 4.74 Å². The third kappa shape index (κ3) is 5.14. The van der Waals surface area contributed by atoms with Gasteiger partial charge in [-0.05, 0) is 60.2 Å². The number of hydrogen-bond donors (Lipinski definition) is 1. The van der Waals surface area contributed by atoms with Crippen molar-refractivity contribution in [3.05, 3.63) is 97.7 Å². The van der Waals surface area contributed by atoms with Crippen LogP contribution in [0.5, 0.6) is 5.75 Å². The van der Waals surface area contributed by atoms with E-state index in [1.165, 1.54) is 30.3 Å². The van der Waals surface area contributed by atoms with E-state index in [0.717, 1.165) is 27.1 Å². The zero-order valence-electron chi connectivity index (χ0n) is 17.2. The van der Waals surface area contributed by atoms with E-state index in [1.54, 1.807) is 0 Å². The van der Waals surface area contributed by atoms with Crippen LogP contribution in [0, 0.1) is 5.82 Å². The summed E-state index contributed by atoms with van der Waals surface area (Å²) in [5.74, 6) is -2.13. The zero-order chi connectivity index (χ0) is 24.4. The van der Waals surface area contributed by atoms with E-state index in [9.17, 15) is 18.8 Å². The standard InChI is InChI=1S/C24H14BrCl2FN2O4/c25-15-3-1-13(2-4-15)12-34-21-14(9-16(26)11-20(21)27)10-19-22(31)29-24(33)30(23(19)32)18-7-5-17(28)6-8-18/h1-11H,12H2,(H,29,31,33)/b19-10+. The van der Waals surface area contributed by atoms with E-state index >= 15 is 0 Å². The molecule has 10 heteroatoms. The molecule has 0 spiro atoms. The van der Waals surface area contributed by atoms with Crippen LogP contribution in [-0.4, -0.2) is 17.8 Å². The van der Waals surface area contributed by atoms with E-state index in [1.807, 2.05) is 24.3 Å². The van der Waals surface area contributed by atoms with Gasteiger partial charge in [0, 0.05) is 15.1 Å². The molecule has 0 aromatic heterocycles. The number of carbonyl (C=O) groups is 3. The molecular formula is C24H14BrCl2FN2O4. The Morgan fingerprint density at radius 1 is 1.00 bits per heavy atom. The van der Waals surface area contributed by atoms with Crippen molar-refractivity contribution >= 4 is 68.7 Å². The van der Waals surface area contributed by atoms with Gasteiger partial charge >= 0.3 is 6.03 Å². The molecule has 6 nitrogen and oxygen atoms in total. The minimum absolute atomic E-state index is 0.0955. The van der Waals surface area contributed by atoms with Gasteiger partial charge in [0.2, 0.25) is 0 Å². The molecule has 4 amide bonds. The highest BCUT2D eigenvalue weighted by Gasteiger charge is 2.37. The fourth-order valence-electron chi connectivity index (χ4n) is 3.21. The summed E-state index contributed by atoms with van der Waals surface area (Å²) in [7, 11) is 0. The Morgan fingerprint density at radius 3 is 2.35 bits per heavy atom. The summed E-state index contributed by atoms with van der Waals surface area (Å²) in [5.41, 5.74) is 0.864. The van der Waals surface area contributed by atoms with Gasteiger partial charge in [-0.15, -0.1) is 0 Å². The first kappa shape index (κ1) is 23.9. The van der Waals surface area contributed by atoms with Crippen LogP contribution in [0.3, 0.4) is 0 Å². The maximum Gasteiger partial charge on any atom is 0.335 e. The minimum Gasteiger partial charge on any atom is -0.487 e. The number of rotatable bonds is 5. The fraction of sp³-hybridized carbons (Fsp3) is 0.0417. The molecular weight excluding hydrogens is 550 g/mol. The molecule has 0 atom stereocenters. The Hall–Kier alpha value is -3.20. The van der Waals surface area contributed by atoms with Crippen LogP contribution in [-0.2, 0) is 16.2 Å². The molecule has 0 saturated carbocycles. The van der Waals surface area contributed by atoms with Crippen LogP contribution in [0.4, 0.5) is 14.9 Å². The van der Waals surface area contributed by atoms with Gasteiger partial charge in [-0.25, -0.2) is 14.1 Å². The lowest BCUT2D eigenvalue weighted by Crippen LogP contribution is -2.54. The first-order chi connectivity index (χ1) is 16.2. The number of nitrogens with zero attached hydrogens (tertiary/aromatic N) is 1. The van der Waals surface area contributed by atoms with Crippen molar-refractivity contribution < 1.29 is 23.5 Å². The van der Waals surface area contributed by atoms with Crippen LogP contribution < -0.4 is 15.0 Å². The Labute approximate surface area is 212 Å². The monoisotopic (exact) mass is 562 g/mol. The second kappa shape index (κ2) is 9.97. The van der Waals surface area contributed by atoms with Crippen molar-refractivity contribution in [3.8, 4) is 5.75 Å². The van der Waals surface area contributed by atoms with Crippen molar-refractivity contribution in [3.63, 3.8) is 0 Å². The highest BCUT2D eigenvalue weighted by molar-refractivity contribution is 9.10. The van der Waals surface area contributed by atoms with Crippen molar-refractivity contribution in [2.24, 2.45) is 0 Å². The van der Waals surface area contributed by atoms with E-state index in [2.05, 4.69) is 21.2 Å². The summed E-state index contributed by atoms with van der Waals surface area (Å²) < 4.78 is 20.1. The summed E-state index contributed by atoms with van der Waals surface area (Å²) >= 11 is 15.9. The number of benzene rings is 3. The molecule has 1 aliphatic heterocycles. The van der Waals surface area contributed by atoms with Gasteiger partial charge in [0.05, 0.1) is 10.7 Å². The van der Waals surface area contributed by atoms with E-state index in [0.29, 0.717) is 0 Å². The second-order valence-electron chi connectivity index (χ2n) is 7.16. The number of carbonyl (C=O) groups excluding carboxylic acids is 3. The quantitative estimate of drug-likeness (QED) is 0.299. The van der Waals surface area contributed by atoms with Gasteiger partial charge in [0.15, 0.2) is 0 Å². The van der Waals surface area contributed by atoms with Gasteiger partial charge in [-0.3, -0.25) is 14.9 Å². The maximum absolute atomic E-state index is 13.3. The third-order valence-electron chi connectivity index (χ3n) is 4.82. The summed E-state index contributed by atoms with van der Waals surface area (Å²) in [6.07, 6.45) is 1.25. The molecule has 3 aromatic carbocycles. The molecule has 0 bridgehead atoms. The van der Waals surface area contributed by atoms with Gasteiger partial charge in [0.1, 0.15) is 23.7 Å². The van der Waals surface area contributed by atoms with E-state index < -0.39 is 23.7 Å². The first-order valence-corrected chi connectivity index (χ1v) is 11.3. The number of hydrogen-bond acceptors (Lipinski definition) is 4. The summed E-state index contributed by atoms with van der Waals surface area (Å²) in [4.78, 5) is 38.7. The number of nitrogens with one attached hydrogen (secondary N) is 1. The van der Waals surface area contributed by atoms with Crippen molar-refractivity contribution in [1.82, 2.24) is 5.32 Å². The molecule has 1 heterocycles. The van der Waals surface area contributed by atoms with Crippen molar-refractivity contribution in [1.29, 1.82) is 0 Å². The smallest absolute Gasteiger partial charge is 0.335 e. The summed E-state index contributed by atoms with van der Waals surface area (Å²) in [6, 6.07) is 14.1. The summed E-state index contributed by atoms with van der Waals surface area (Å²) in [5, 5.41) is 2.53. The molecule has 3 aromatic rings. The molecule has 0 aliphatic carbocycles. The van der Waals surface area contributed by atoms with Crippen LogP contribution >= 0.6 is 39.1 Å². The lowest BCUT2D eigenvalue weighted by Gasteiger charge is -2.26. The van der Waals surface area contributed by atoms with Gasteiger partial charge in [0.25, 0.3) is 11.8 Å². The lowest BCUT2D eigenvalue weighted by atomic mass is 10.1. The van der Waals surface area contributed by atoms with Gasteiger partial charge in [-0.2, -0.15) is 0 Å². The number of urea groups is 1. The predicted octanol–water partition coefficient (Wildman–Crippen LogP) is 6.14. The molecule has 4 rings (SSSR count). The number of barbiturate groups is 1. The Bertz CT molecular complexity index is 1330. The first-order valence-electron chi connectivity index (χ1n) is 9.76. The third-order valence-corrected chi connectivity index (χ3v) is 5.85. The topological polar surface area (TPSA) is 75.7 Å². The van der Waals surface area contributed by atoms with Gasteiger partial charge in [-0.1, -0.05) is 51.3 Å². The van der Waals surface area contributed by atoms with Crippen LogP contribution in [0.1, 0.15) is 11.1 Å². The van der Waals surface area contributed by atoms with Crippen LogP contribution in [0.25, 0.3) is 6.08 Å². The average molecular weight is 564 g/mol. The van der Waals surface area contributed by atoms with Crippen molar-refractivity contribution in [2.45, 2.75) is 6.61 Å². The molecule has 34 heavy (non-hydrogen) atoms. The number of amides is 4. The molecule has 172 valence electrons. The van der Waals surface area contributed by atoms with Crippen LogP contribution in [0.15, 0.2) is 70.7 Å². The summed E-state index contributed by atoms with van der Waals surface area (Å²) in [6.45, 7) is 0.158. The number of ether oxygens (including phenoxy) is 1. The highest BCUT2D eigenvalue weighted by Crippen LogP contribution is 2.35. The minimum atomic E-state index is -0.949. The predicted molar refractivity (Wildman–Crippen MR) is 130 cm³/mol. The Balaban J connectivity index is 1.70. The molecule has 0 radical (unpaired) electrons. The van der Waals surface area contributed by atoms with Crippen molar-refractivity contribution in [2.75, 3.05) is 4.90 Å². The maximum atomic E-state index is 13.3. The largest absolute Gasteiger partial charge is 0.487 e. The fourth-order valence-corrected chi connectivity index (χ4v) is 4.04. The van der Waals surface area contributed by atoms with Crippen LogP contribution in [0.2, 0.25) is 10.0 Å². The normalized spacial score (nSPS) is 15.0. The molecule has 1 saturated heterocycles. The SMILES string of the molecule is O=C1NC(=O)N(c2ccc(F)cc2)C(=O)/C1=C/c1cc(Cl)cc(Cl)c1OCc1ccc(Br)cc1. The Morgan fingerprint density at radius 2 is 1.68 bits per heavy atom. The molecule has 1 aliphatic rings.